The quantitative estimate of drug-likeness (QED) is 0.514. The Labute approximate surface area is 180 Å². The maximum atomic E-state index is 12.2. The van der Waals surface area contributed by atoms with Crippen molar-refractivity contribution in [2.45, 2.75) is 42.5 Å². The van der Waals surface area contributed by atoms with E-state index in [0.717, 1.165) is 25.5 Å². The Morgan fingerprint density at radius 2 is 2.07 bits per heavy atom. The van der Waals surface area contributed by atoms with Gasteiger partial charge in [0, 0.05) is 28.8 Å². The molecule has 7 nitrogen and oxygen atoms in total. The van der Waals surface area contributed by atoms with E-state index in [1.54, 1.807) is 30.5 Å². The molecule has 0 radical (unpaired) electrons. The second-order valence-corrected chi connectivity index (χ2v) is 9.69. The van der Waals surface area contributed by atoms with Gasteiger partial charge in [0.05, 0.1) is 21.9 Å². The van der Waals surface area contributed by atoms with Crippen LogP contribution in [0.4, 0.5) is 5.69 Å². The SMILES string of the molecule is CCC1(n2cc3c(S(N)(=O)=O)cc(NCC(C=O)c4ccccc4Cl)cc3n2)CC1. The fourth-order valence-electron chi connectivity index (χ4n) is 3.80. The Morgan fingerprint density at radius 1 is 1.33 bits per heavy atom. The first-order valence-corrected chi connectivity index (χ1v) is 11.7. The molecule has 3 aromatic rings. The van der Waals surface area contributed by atoms with Gasteiger partial charge in [0.2, 0.25) is 10.0 Å². The molecule has 0 spiro atoms. The van der Waals surface area contributed by atoms with Crippen molar-refractivity contribution in [1.29, 1.82) is 0 Å². The number of nitrogens with two attached hydrogens (primary N) is 1. The summed E-state index contributed by atoms with van der Waals surface area (Å²) >= 11 is 6.21. The van der Waals surface area contributed by atoms with Crippen molar-refractivity contribution in [2.75, 3.05) is 11.9 Å². The minimum atomic E-state index is -3.96. The molecule has 1 aliphatic rings. The standard InChI is InChI=1S/C21H23ClN4O3S/c1-2-21(7-8-21)26-12-17-19(25-26)9-15(10-20(17)30(23,28)29)24-11-14(13-27)16-5-3-4-6-18(16)22/h3-6,9-10,12-14,24H,2,7-8,11H2,1H3,(H2,23,28,29). The molecule has 1 heterocycles. The molecule has 9 heteroatoms. The number of anilines is 1. The van der Waals surface area contributed by atoms with E-state index in [-0.39, 0.29) is 17.0 Å². The number of aromatic nitrogens is 2. The number of carbonyl (C=O) groups excluding carboxylic acids is 1. The van der Waals surface area contributed by atoms with Gasteiger partial charge in [0.1, 0.15) is 6.29 Å². The normalized spacial score (nSPS) is 16.4. The highest BCUT2D eigenvalue weighted by Crippen LogP contribution is 2.46. The van der Waals surface area contributed by atoms with Crippen LogP contribution in [0.2, 0.25) is 5.02 Å². The molecular formula is C21H23ClN4O3S. The van der Waals surface area contributed by atoms with Crippen LogP contribution in [0.15, 0.2) is 47.5 Å². The molecule has 30 heavy (non-hydrogen) atoms. The predicted octanol–water partition coefficient (Wildman–Crippen LogP) is 3.63. The summed E-state index contributed by atoms with van der Waals surface area (Å²) in [4.78, 5) is 11.7. The Bertz CT molecular complexity index is 1220. The number of nitrogens with zero attached hydrogens (tertiary/aromatic N) is 2. The lowest BCUT2D eigenvalue weighted by atomic mass is 10.0. The summed E-state index contributed by atoms with van der Waals surface area (Å²) in [6, 6.07) is 10.4. The zero-order chi connectivity index (χ0) is 21.5. The highest BCUT2D eigenvalue weighted by Gasteiger charge is 2.43. The third-order valence-electron chi connectivity index (χ3n) is 5.86. The third kappa shape index (κ3) is 3.82. The highest BCUT2D eigenvalue weighted by atomic mass is 35.5. The molecule has 0 aliphatic heterocycles. The van der Waals surface area contributed by atoms with E-state index in [4.69, 9.17) is 16.7 Å². The number of rotatable bonds is 8. The van der Waals surface area contributed by atoms with Crippen molar-refractivity contribution in [1.82, 2.24) is 9.78 Å². The summed E-state index contributed by atoms with van der Waals surface area (Å²) in [6.07, 6.45) is 5.56. The monoisotopic (exact) mass is 446 g/mol. The highest BCUT2D eigenvalue weighted by molar-refractivity contribution is 7.89. The van der Waals surface area contributed by atoms with E-state index in [1.165, 1.54) is 6.07 Å². The molecule has 4 rings (SSSR count). The molecule has 1 aromatic heterocycles. The van der Waals surface area contributed by atoms with Crippen LogP contribution in [0.25, 0.3) is 10.9 Å². The first kappa shape index (κ1) is 20.8. The van der Waals surface area contributed by atoms with Gasteiger partial charge >= 0.3 is 0 Å². The minimum absolute atomic E-state index is 0.0149. The number of aldehydes is 1. The zero-order valence-corrected chi connectivity index (χ0v) is 18.1. The second kappa shape index (κ2) is 7.68. The van der Waals surface area contributed by atoms with E-state index in [1.807, 2.05) is 10.7 Å². The smallest absolute Gasteiger partial charge is 0.238 e. The van der Waals surface area contributed by atoms with Crippen LogP contribution in [0.5, 0.6) is 0 Å². The van der Waals surface area contributed by atoms with E-state index in [0.29, 0.717) is 27.2 Å². The summed E-state index contributed by atoms with van der Waals surface area (Å²) in [5.74, 6) is -0.486. The Hall–Kier alpha value is -2.42. The molecule has 1 atom stereocenters. The number of sulfonamides is 1. The number of benzene rings is 2. The van der Waals surface area contributed by atoms with Crippen molar-refractivity contribution in [3.8, 4) is 0 Å². The van der Waals surface area contributed by atoms with Gasteiger partial charge in [-0.1, -0.05) is 36.7 Å². The van der Waals surface area contributed by atoms with Gasteiger partial charge in [-0.3, -0.25) is 4.68 Å². The van der Waals surface area contributed by atoms with E-state index < -0.39 is 15.9 Å². The largest absolute Gasteiger partial charge is 0.384 e. The Kier molecular flexibility index (Phi) is 5.34. The molecule has 1 saturated carbocycles. The molecule has 0 saturated heterocycles. The number of hydrogen-bond acceptors (Lipinski definition) is 5. The van der Waals surface area contributed by atoms with Crippen LogP contribution in [0.1, 0.15) is 37.7 Å². The number of hydrogen-bond donors (Lipinski definition) is 2. The fraction of sp³-hybridized carbons (Fsp3) is 0.333. The van der Waals surface area contributed by atoms with Crippen molar-refractivity contribution < 1.29 is 13.2 Å². The van der Waals surface area contributed by atoms with Crippen LogP contribution in [0.3, 0.4) is 0 Å². The van der Waals surface area contributed by atoms with Gasteiger partial charge in [0.15, 0.2) is 0 Å². The topological polar surface area (TPSA) is 107 Å². The summed E-state index contributed by atoms with van der Waals surface area (Å²) in [7, 11) is -3.96. The van der Waals surface area contributed by atoms with Crippen LogP contribution in [0, 0.1) is 0 Å². The van der Waals surface area contributed by atoms with E-state index >= 15 is 0 Å². The van der Waals surface area contributed by atoms with E-state index in [2.05, 4.69) is 17.3 Å². The fourth-order valence-corrected chi connectivity index (χ4v) is 4.83. The first-order chi connectivity index (χ1) is 14.3. The molecule has 158 valence electrons. The molecule has 3 N–H and O–H groups in total. The number of carbonyl (C=O) groups is 1. The molecule has 0 bridgehead atoms. The molecule has 2 aromatic carbocycles. The Balaban J connectivity index is 1.69. The lowest BCUT2D eigenvalue weighted by Crippen LogP contribution is -2.16. The number of fused-ring (bicyclic) bond motifs is 1. The lowest BCUT2D eigenvalue weighted by Gasteiger charge is -2.15. The molecule has 1 aliphatic carbocycles. The predicted molar refractivity (Wildman–Crippen MR) is 117 cm³/mol. The number of nitrogens with one attached hydrogen (secondary N) is 1. The Morgan fingerprint density at radius 3 is 2.67 bits per heavy atom. The zero-order valence-electron chi connectivity index (χ0n) is 16.5. The van der Waals surface area contributed by atoms with Crippen molar-refractivity contribution >= 4 is 44.5 Å². The molecule has 1 fully saturated rings. The summed E-state index contributed by atoms with van der Waals surface area (Å²) in [5, 5.41) is 14.3. The third-order valence-corrected chi connectivity index (χ3v) is 7.15. The number of halogens is 1. The number of primary sulfonamides is 1. The van der Waals surface area contributed by atoms with Gasteiger partial charge in [-0.25, -0.2) is 13.6 Å². The average molecular weight is 447 g/mol. The summed E-state index contributed by atoms with van der Waals surface area (Å²) < 4.78 is 26.4. The van der Waals surface area contributed by atoms with Gasteiger partial charge in [-0.15, -0.1) is 0 Å². The summed E-state index contributed by atoms with van der Waals surface area (Å²) in [5.41, 5.74) is 1.74. The minimum Gasteiger partial charge on any atom is -0.384 e. The van der Waals surface area contributed by atoms with Gasteiger partial charge in [-0.05, 0) is 43.0 Å². The first-order valence-electron chi connectivity index (χ1n) is 9.78. The van der Waals surface area contributed by atoms with Crippen LogP contribution in [-0.4, -0.2) is 31.0 Å². The molecule has 0 amide bonds. The van der Waals surface area contributed by atoms with Gasteiger partial charge in [0.25, 0.3) is 0 Å². The van der Waals surface area contributed by atoms with E-state index in [9.17, 15) is 13.2 Å². The summed E-state index contributed by atoms with van der Waals surface area (Å²) in [6.45, 7) is 2.35. The maximum Gasteiger partial charge on any atom is 0.238 e. The molecular weight excluding hydrogens is 424 g/mol. The van der Waals surface area contributed by atoms with Gasteiger partial charge in [-0.2, -0.15) is 5.10 Å². The van der Waals surface area contributed by atoms with Crippen LogP contribution >= 0.6 is 11.6 Å². The second-order valence-electron chi connectivity index (χ2n) is 7.75. The van der Waals surface area contributed by atoms with Crippen LogP contribution in [-0.2, 0) is 20.4 Å². The molecule has 1 unspecified atom stereocenters. The van der Waals surface area contributed by atoms with Crippen LogP contribution < -0.4 is 10.5 Å². The van der Waals surface area contributed by atoms with Crippen molar-refractivity contribution in [2.24, 2.45) is 5.14 Å². The van der Waals surface area contributed by atoms with Gasteiger partial charge < -0.3 is 10.1 Å². The van der Waals surface area contributed by atoms with Crippen molar-refractivity contribution in [3.05, 3.63) is 53.2 Å². The lowest BCUT2D eigenvalue weighted by molar-refractivity contribution is -0.108. The van der Waals surface area contributed by atoms with Crippen molar-refractivity contribution in [3.63, 3.8) is 0 Å². The average Bonchev–Trinajstić information content (AvgIpc) is 3.40. The maximum absolute atomic E-state index is 12.2.